The summed E-state index contributed by atoms with van der Waals surface area (Å²) in [6.07, 6.45) is 6.33. The number of hydrogen-bond acceptors (Lipinski definition) is 9. The Balaban J connectivity index is 1.24. The number of alkyl halides is 6. The quantitative estimate of drug-likeness (QED) is 0.0313. The molecule has 6 rings (SSSR count). The number of fused-ring (bicyclic) bond motifs is 5. The van der Waals surface area contributed by atoms with Gasteiger partial charge in [0, 0.05) is 48.9 Å². The monoisotopic (exact) mass is 1070 g/mol. The zero-order chi connectivity index (χ0) is 55.6. The van der Waals surface area contributed by atoms with Crippen LogP contribution in [0.2, 0.25) is 0 Å². The van der Waals surface area contributed by atoms with E-state index in [4.69, 9.17) is 14.2 Å². The van der Waals surface area contributed by atoms with Crippen molar-refractivity contribution in [3.63, 3.8) is 0 Å². The standard InChI is InChI=1S/C60H81F6NO9/c1-7-9-11-13-15-17-33-67(34-18-16-14-12-10-8-2)51(69)30-19-38(3)46-28-29-47-52-48(37-50(58(46,47)6)74-39(4)68)57(5)32-31-45(75-55(72)42-24-20-40(21-25-42)53(70)59(61,62)63)35-44(57)36-49(52)76-56(73)43-26-22-41(23-27-43)54(71)60(64,65)66/h20-27,38,44-50,52H,7-19,28-37H2,1-6H3/t38-,44+,45-,46-,47+,48+,49-,50+,52+,57+,58-/m1/s1. The average Bonchev–Trinajstić information content (AvgIpc) is 3.74. The molecule has 0 aliphatic heterocycles. The number of unbranched alkanes of at least 4 members (excludes halogenated alkanes) is 10. The van der Waals surface area contributed by atoms with Crippen molar-refractivity contribution in [2.24, 2.45) is 46.3 Å². The second kappa shape index (κ2) is 26.3. The third-order valence-electron chi connectivity index (χ3n) is 18.3. The van der Waals surface area contributed by atoms with Gasteiger partial charge in [0.1, 0.15) is 18.3 Å². The zero-order valence-corrected chi connectivity index (χ0v) is 45.5. The van der Waals surface area contributed by atoms with Crippen LogP contribution < -0.4 is 0 Å². The molecule has 76 heavy (non-hydrogen) atoms. The highest BCUT2D eigenvalue weighted by Gasteiger charge is 2.68. The van der Waals surface area contributed by atoms with Crippen LogP contribution in [0.4, 0.5) is 26.3 Å². The maximum Gasteiger partial charge on any atom is 0.454 e. The van der Waals surface area contributed by atoms with Gasteiger partial charge in [0.05, 0.1) is 11.1 Å². The highest BCUT2D eigenvalue weighted by Crippen LogP contribution is 2.69. The van der Waals surface area contributed by atoms with Gasteiger partial charge in [-0.2, -0.15) is 26.3 Å². The summed E-state index contributed by atoms with van der Waals surface area (Å²) in [6, 6.07) is 8.29. The van der Waals surface area contributed by atoms with E-state index in [9.17, 15) is 55.1 Å². The summed E-state index contributed by atoms with van der Waals surface area (Å²) in [5, 5.41) is 0. The van der Waals surface area contributed by atoms with Gasteiger partial charge in [-0.25, -0.2) is 9.59 Å². The molecule has 2 aromatic carbocycles. The average molecular weight is 1070 g/mol. The van der Waals surface area contributed by atoms with Gasteiger partial charge in [0.25, 0.3) is 11.6 Å². The van der Waals surface area contributed by atoms with Crippen molar-refractivity contribution in [1.82, 2.24) is 4.90 Å². The molecule has 4 aliphatic rings. The second-order valence-corrected chi connectivity index (χ2v) is 23.1. The summed E-state index contributed by atoms with van der Waals surface area (Å²) in [6.45, 7) is 13.9. The Morgan fingerprint density at radius 1 is 0.618 bits per heavy atom. The lowest BCUT2D eigenvalue weighted by Gasteiger charge is -2.64. The van der Waals surface area contributed by atoms with Gasteiger partial charge >= 0.3 is 30.3 Å². The molecular weight excluding hydrogens is 993 g/mol. The van der Waals surface area contributed by atoms with E-state index in [-0.39, 0.29) is 52.5 Å². The summed E-state index contributed by atoms with van der Waals surface area (Å²) < 4.78 is 98.1. The van der Waals surface area contributed by atoms with Gasteiger partial charge in [0.15, 0.2) is 0 Å². The Morgan fingerprint density at radius 2 is 1.11 bits per heavy atom. The van der Waals surface area contributed by atoms with Crippen LogP contribution in [0.3, 0.4) is 0 Å². The van der Waals surface area contributed by atoms with Crippen LogP contribution in [0.1, 0.15) is 218 Å². The van der Waals surface area contributed by atoms with Gasteiger partial charge in [-0.1, -0.05) is 123 Å². The van der Waals surface area contributed by atoms with Crippen molar-refractivity contribution < 1.29 is 69.3 Å². The van der Waals surface area contributed by atoms with Crippen molar-refractivity contribution in [2.45, 2.75) is 207 Å². The van der Waals surface area contributed by atoms with E-state index in [0.717, 1.165) is 113 Å². The van der Waals surface area contributed by atoms with Crippen LogP contribution in [0.5, 0.6) is 0 Å². The lowest BCUT2D eigenvalue weighted by Crippen LogP contribution is -2.63. The van der Waals surface area contributed by atoms with Crippen LogP contribution in [0.15, 0.2) is 48.5 Å². The van der Waals surface area contributed by atoms with E-state index in [0.29, 0.717) is 44.9 Å². The SMILES string of the molecule is CCCCCCCCN(CCCCCCCC)C(=O)CC[C@@H](C)[C@H]1CC[C@H]2[C@@H]3[C@H](OC(=O)c4ccc(C(=O)C(F)(F)F)cc4)C[C@@H]4C[C@H](OC(=O)c5ccc(C(=O)C(F)(F)F)cc5)CC[C@]4(C)[C@H]3C[C@H](OC(C)=O)[C@]12C. The number of nitrogens with zero attached hydrogens (tertiary/aromatic N) is 1. The number of benzene rings is 2. The maximum atomic E-state index is 14.2. The van der Waals surface area contributed by atoms with E-state index in [1.54, 1.807) is 0 Å². The number of rotatable bonds is 25. The Kier molecular flexibility index (Phi) is 20.9. The number of ether oxygens (including phenoxy) is 3. The molecule has 0 bridgehead atoms. The summed E-state index contributed by atoms with van der Waals surface area (Å²) >= 11 is 0. The summed E-state index contributed by atoms with van der Waals surface area (Å²) in [5.74, 6) is -6.51. The Hall–Kier alpha value is -4.76. The fraction of sp³-hybridized carbons (Fsp3) is 0.700. The molecule has 0 saturated heterocycles. The van der Waals surface area contributed by atoms with E-state index in [1.165, 1.54) is 45.4 Å². The number of esters is 3. The van der Waals surface area contributed by atoms with E-state index < -0.39 is 82.1 Å². The molecule has 4 saturated carbocycles. The van der Waals surface area contributed by atoms with E-state index in [1.807, 2.05) is 0 Å². The van der Waals surface area contributed by atoms with Crippen molar-refractivity contribution in [3.8, 4) is 0 Å². The van der Waals surface area contributed by atoms with E-state index in [2.05, 4.69) is 39.5 Å². The lowest BCUT2D eigenvalue weighted by molar-refractivity contribution is -0.217. The minimum absolute atomic E-state index is 0.0330. The number of hydrogen-bond donors (Lipinski definition) is 0. The Morgan fingerprint density at radius 3 is 1.61 bits per heavy atom. The van der Waals surface area contributed by atoms with Gasteiger partial charge in [-0.15, -0.1) is 0 Å². The normalized spacial score (nSPS) is 27.5. The predicted octanol–water partition coefficient (Wildman–Crippen LogP) is 14.7. The third kappa shape index (κ3) is 14.5. The highest BCUT2D eigenvalue weighted by molar-refractivity contribution is 6.02. The lowest BCUT2D eigenvalue weighted by atomic mass is 9.43. The third-order valence-corrected chi connectivity index (χ3v) is 18.3. The van der Waals surface area contributed by atoms with Gasteiger partial charge in [-0.3, -0.25) is 19.2 Å². The molecule has 422 valence electrons. The fourth-order valence-corrected chi connectivity index (χ4v) is 14.2. The zero-order valence-electron chi connectivity index (χ0n) is 45.5. The van der Waals surface area contributed by atoms with Crippen molar-refractivity contribution in [2.75, 3.05) is 13.1 Å². The molecule has 11 atom stereocenters. The molecule has 4 fully saturated rings. The number of ketones is 2. The Bertz CT molecular complexity index is 2280. The van der Waals surface area contributed by atoms with Crippen LogP contribution in [-0.4, -0.2) is 84.0 Å². The van der Waals surface area contributed by atoms with Gasteiger partial charge in [0.2, 0.25) is 5.91 Å². The van der Waals surface area contributed by atoms with Crippen molar-refractivity contribution in [1.29, 1.82) is 0 Å². The molecule has 0 unspecified atom stereocenters. The molecule has 4 aliphatic carbocycles. The number of halogens is 6. The molecule has 0 N–H and O–H groups in total. The molecule has 16 heteroatoms. The first-order valence-electron chi connectivity index (χ1n) is 28.2. The summed E-state index contributed by atoms with van der Waals surface area (Å²) in [5.41, 5.74) is -2.33. The van der Waals surface area contributed by atoms with Crippen molar-refractivity contribution >= 4 is 35.4 Å². The maximum absolute atomic E-state index is 14.2. The van der Waals surface area contributed by atoms with E-state index >= 15 is 0 Å². The number of carbonyl (C=O) groups excluding carboxylic acids is 6. The van der Waals surface area contributed by atoms with Crippen LogP contribution in [0, 0.1) is 46.3 Å². The molecule has 0 aromatic heterocycles. The molecule has 0 spiro atoms. The molecule has 10 nitrogen and oxygen atoms in total. The number of carbonyl (C=O) groups is 6. The number of amides is 1. The molecule has 1 amide bonds. The van der Waals surface area contributed by atoms with Crippen LogP contribution in [0.25, 0.3) is 0 Å². The van der Waals surface area contributed by atoms with Gasteiger partial charge in [-0.05, 0) is 123 Å². The van der Waals surface area contributed by atoms with Crippen LogP contribution in [-0.2, 0) is 23.8 Å². The summed E-state index contributed by atoms with van der Waals surface area (Å²) in [4.78, 5) is 80.9. The molecule has 0 radical (unpaired) electrons. The largest absolute Gasteiger partial charge is 0.462 e. The predicted molar refractivity (Wildman–Crippen MR) is 275 cm³/mol. The molecule has 2 aromatic rings. The van der Waals surface area contributed by atoms with Crippen molar-refractivity contribution in [3.05, 3.63) is 70.8 Å². The first-order chi connectivity index (χ1) is 35.9. The molecular formula is C60H81F6NO9. The minimum atomic E-state index is -5.11. The minimum Gasteiger partial charge on any atom is -0.462 e. The first kappa shape index (κ1) is 60.5. The van der Waals surface area contributed by atoms with Crippen LogP contribution >= 0.6 is 0 Å². The fourth-order valence-electron chi connectivity index (χ4n) is 14.2. The van der Waals surface area contributed by atoms with Gasteiger partial charge < -0.3 is 19.1 Å². The highest BCUT2D eigenvalue weighted by atomic mass is 19.4. The number of Topliss-reactive ketones (excluding diaryl/α,β-unsaturated/α-hetero) is 2. The Labute approximate surface area is 445 Å². The second-order valence-electron chi connectivity index (χ2n) is 23.1. The topological polar surface area (TPSA) is 133 Å². The molecule has 0 heterocycles. The summed E-state index contributed by atoms with van der Waals surface area (Å²) in [7, 11) is 0. The smallest absolute Gasteiger partial charge is 0.454 e. The first-order valence-corrected chi connectivity index (χ1v) is 28.2.